The van der Waals surface area contributed by atoms with Gasteiger partial charge in [-0.15, -0.1) is 0 Å². The maximum absolute atomic E-state index is 13.5. The topological polar surface area (TPSA) is 62.2 Å². The third-order valence-electron chi connectivity index (χ3n) is 6.38. The average Bonchev–Trinajstić information content (AvgIpc) is 3.04. The van der Waals surface area contributed by atoms with Crippen LogP contribution in [0.1, 0.15) is 35.6 Å². The van der Waals surface area contributed by atoms with Crippen LogP contribution >= 0.6 is 0 Å². The van der Waals surface area contributed by atoms with Crippen LogP contribution in [0.4, 0.5) is 4.39 Å². The summed E-state index contributed by atoms with van der Waals surface area (Å²) in [5, 5.41) is 22.1. The lowest BCUT2D eigenvalue weighted by molar-refractivity contribution is -0.0522. The number of piperidine rings is 1. The molecule has 148 valence electrons. The predicted molar refractivity (Wildman–Crippen MR) is 101 cm³/mol. The SMILES string of the molecule is O[C@@H]1c2ccc(F)cc2C[C@H]1N1CCC(O)(c2cccc3c2OCCO3)CC1. The number of nitrogens with zero attached hydrogens (tertiary/aromatic N) is 1. The smallest absolute Gasteiger partial charge is 0.167 e. The van der Waals surface area contributed by atoms with Crippen molar-refractivity contribution >= 4 is 0 Å². The van der Waals surface area contributed by atoms with Gasteiger partial charge in [-0.05, 0) is 48.6 Å². The van der Waals surface area contributed by atoms with E-state index in [1.54, 1.807) is 6.07 Å². The number of fused-ring (bicyclic) bond motifs is 2. The van der Waals surface area contributed by atoms with Crippen molar-refractivity contribution in [2.75, 3.05) is 26.3 Å². The first-order chi connectivity index (χ1) is 13.5. The van der Waals surface area contributed by atoms with E-state index in [0.29, 0.717) is 57.1 Å². The van der Waals surface area contributed by atoms with Gasteiger partial charge >= 0.3 is 0 Å². The van der Waals surface area contributed by atoms with Gasteiger partial charge in [0.2, 0.25) is 0 Å². The van der Waals surface area contributed by atoms with Crippen molar-refractivity contribution in [3.63, 3.8) is 0 Å². The van der Waals surface area contributed by atoms with Crippen molar-refractivity contribution < 1.29 is 24.1 Å². The van der Waals surface area contributed by atoms with Gasteiger partial charge in [0.25, 0.3) is 0 Å². The first-order valence-corrected chi connectivity index (χ1v) is 9.87. The third kappa shape index (κ3) is 2.87. The Morgan fingerprint density at radius 2 is 1.86 bits per heavy atom. The van der Waals surface area contributed by atoms with E-state index in [-0.39, 0.29) is 11.9 Å². The normalized spacial score (nSPS) is 26.1. The molecule has 28 heavy (non-hydrogen) atoms. The summed E-state index contributed by atoms with van der Waals surface area (Å²) in [5.74, 6) is 1.06. The van der Waals surface area contributed by atoms with Gasteiger partial charge in [-0.3, -0.25) is 4.90 Å². The van der Waals surface area contributed by atoms with Gasteiger partial charge in [0, 0.05) is 24.7 Å². The number of para-hydroxylation sites is 1. The number of ether oxygens (including phenoxy) is 2. The highest BCUT2D eigenvalue weighted by molar-refractivity contribution is 5.50. The Balaban J connectivity index is 1.33. The summed E-state index contributed by atoms with van der Waals surface area (Å²) in [6, 6.07) is 10.2. The Hall–Kier alpha value is -2.15. The monoisotopic (exact) mass is 385 g/mol. The molecular weight excluding hydrogens is 361 g/mol. The summed E-state index contributed by atoms with van der Waals surface area (Å²) in [6.07, 6.45) is 1.09. The van der Waals surface area contributed by atoms with E-state index < -0.39 is 11.7 Å². The molecule has 2 N–H and O–H groups in total. The van der Waals surface area contributed by atoms with Crippen molar-refractivity contribution in [2.45, 2.75) is 37.0 Å². The van der Waals surface area contributed by atoms with Crippen molar-refractivity contribution in [1.82, 2.24) is 4.90 Å². The van der Waals surface area contributed by atoms with E-state index >= 15 is 0 Å². The Labute approximate surface area is 163 Å². The molecule has 0 radical (unpaired) electrons. The number of aliphatic hydroxyl groups is 2. The molecule has 6 heteroatoms. The largest absolute Gasteiger partial charge is 0.486 e. The zero-order valence-corrected chi connectivity index (χ0v) is 15.6. The lowest BCUT2D eigenvalue weighted by Gasteiger charge is -2.42. The minimum Gasteiger partial charge on any atom is -0.486 e. The second-order valence-corrected chi connectivity index (χ2v) is 7.96. The Morgan fingerprint density at radius 3 is 2.68 bits per heavy atom. The Morgan fingerprint density at radius 1 is 1.07 bits per heavy atom. The van der Waals surface area contributed by atoms with Crippen LogP contribution in [0.15, 0.2) is 36.4 Å². The highest BCUT2D eigenvalue weighted by atomic mass is 19.1. The van der Waals surface area contributed by atoms with Crippen molar-refractivity contribution in [3.05, 3.63) is 58.9 Å². The molecule has 0 bridgehead atoms. The number of halogens is 1. The van der Waals surface area contributed by atoms with E-state index in [0.717, 1.165) is 16.7 Å². The van der Waals surface area contributed by atoms with Gasteiger partial charge in [0.1, 0.15) is 19.0 Å². The Bertz CT molecular complexity index is 894. The molecule has 0 saturated carbocycles. The van der Waals surface area contributed by atoms with E-state index in [9.17, 15) is 14.6 Å². The number of likely N-dealkylation sites (tertiary alicyclic amines) is 1. The highest BCUT2D eigenvalue weighted by Gasteiger charge is 2.42. The number of benzene rings is 2. The third-order valence-corrected chi connectivity index (χ3v) is 6.38. The van der Waals surface area contributed by atoms with E-state index in [1.807, 2.05) is 18.2 Å². The van der Waals surface area contributed by atoms with Crippen LogP contribution in [-0.4, -0.2) is 47.5 Å². The first-order valence-electron chi connectivity index (χ1n) is 9.87. The fourth-order valence-corrected chi connectivity index (χ4v) is 4.85. The highest BCUT2D eigenvalue weighted by Crippen LogP contribution is 2.45. The maximum atomic E-state index is 13.5. The fourth-order valence-electron chi connectivity index (χ4n) is 4.85. The van der Waals surface area contributed by atoms with Crippen LogP contribution in [0.25, 0.3) is 0 Å². The molecule has 1 aliphatic carbocycles. The minimum atomic E-state index is -0.981. The molecule has 1 saturated heterocycles. The number of aliphatic hydroxyl groups excluding tert-OH is 1. The predicted octanol–water partition coefficient (Wildman–Crippen LogP) is 2.54. The second kappa shape index (κ2) is 6.72. The summed E-state index contributed by atoms with van der Waals surface area (Å²) >= 11 is 0. The first kappa shape index (κ1) is 17.9. The van der Waals surface area contributed by atoms with Crippen molar-refractivity contribution in [3.8, 4) is 11.5 Å². The van der Waals surface area contributed by atoms with Crippen molar-refractivity contribution in [1.29, 1.82) is 0 Å². The van der Waals surface area contributed by atoms with Crippen LogP contribution in [-0.2, 0) is 12.0 Å². The van der Waals surface area contributed by atoms with Gasteiger partial charge in [-0.2, -0.15) is 0 Å². The van der Waals surface area contributed by atoms with E-state index in [2.05, 4.69) is 4.90 Å². The molecule has 0 aromatic heterocycles. The molecule has 2 heterocycles. The fraction of sp³-hybridized carbons (Fsp3) is 0.455. The van der Waals surface area contributed by atoms with Gasteiger partial charge in [0.15, 0.2) is 11.5 Å². The van der Waals surface area contributed by atoms with Crippen LogP contribution in [0.5, 0.6) is 11.5 Å². The summed E-state index contributed by atoms with van der Waals surface area (Å²) in [5.41, 5.74) is 1.49. The summed E-state index contributed by atoms with van der Waals surface area (Å²) in [4.78, 5) is 2.21. The molecule has 2 aromatic rings. The molecule has 0 spiro atoms. The summed E-state index contributed by atoms with van der Waals surface area (Å²) < 4.78 is 25.0. The molecule has 0 unspecified atom stereocenters. The lowest BCUT2D eigenvalue weighted by atomic mass is 9.83. The van der Waals surface area contributed by atoms with E-state index in [4.69, 9.17) is 9.47 Å². The molecule has 2 aromatic carbocycles. The molecule has 5 rings (SSSR count). The van der Waals surface area contributed by atoms with Gasteiger partial charge in [-0.25, -0.2) is 4.39 Å². The van der Waals surface area contributed by atoms with E-state index in [1.165, 1.54) is 12.1 Å². The zero-order chi connectivity index (χ0) is 19.3. The molecular formula is C22H24FNO4. The quantitative estimate of drug-likeness (QED) is 0.832. The number of hydrogen-bond acceptors (Lipinski definition) is 5. The van der Waals surface area contributed by atoms with Crippen molar-refractivity contribution in [2.24, 2.45) is 0 Å². The Kier molecular flexibility index (Phi) is 4.30. The molecule has 5 nitrogen and oxygen atoms in total. The number of hydrogen-bond donors (Lipinski definition) is 2. The van der Waals surface area contributed by atoms with Gasteiger partial charge in [-0.1, -0.05) is 18.2 Å². The standard InChI is InChI=1S/C22H24FNO4/c23-15-4-5-16-14(12-15)13-18(20(16)25)24-8-6-22(26,7-9-24)17-2-1-3-19-21(17)28-11-10-27-19/h1-5,12,18,20,25-26H,6-11,13H2/t18-,20-/m1/s1. The summed E-state index contributed by atoms with van der Waals surface area (Å²) in [7, 11) is 0. The molecule has 2 atom stereocenters. The van der Waals surface area contributed by atoms with Crippen LogP contribution in [0, 0.1) is 5.82 Å². The zero-order valence-electron chi connectivity index (χ0n) is 15.6. The molecule has 0 amide bonds. The second-order valence-electron chi connectivity index (χ2n) is 7.96. The molecule has 2 aliphatic heterocycles. The lowest BCUT2D eigenvalue weighted by Crippen LogP contribution is -2.48. The minimum absolute atomic E-state index is 0.0781. The average molecular weight is 385 g/mol. The van der Waals surface area contributed by atoms with Gasteiger partial charge in [0.05, 0.1) is 11.7 Å². The van der Waals surface area contributed by atoms with Crippen LogP contribution in [0.2, 0.25) is 0 Å². The van der Waals surface area contributed by atoms with Crippen LogP contribution in [0.3, 0.4) is 0 Å². The maximum Gasteiger partial charge on any atom is 0.167 e. The van der Waals surface area contributed by atoms with Crippen LogP contribution < -0.4 is 9.47 Å². The molecule has 1 fully saturated rings. The van der Waals surface area contributed by atoms with Gasteiger partial charge < -0.3 is 19.7 Å². The molecule has 3 aliphatic rings. The number of rotatable bonds is 2. The summed E-state index contributed by atoms with van der Waals surface area (Å²) in [6.45, 7) is 2.30.